The van der Waals surface area contributed by atoms with E-state index in [0.29, 0.717) is 17.5 Å². The molecule has 1 aromatic carbocycles. The molecule has 3 rings (SSSR count). The zero-order chi connectivity index (χ0) is 19.1. The second-order valence-corrected chi connectivity index (χ2v) is 6.61. The van der Waals surface area contributed by atoms with Gasteiger partial charge in [0.15, 0.2) is 6.61 Å². The molecule has 144 valence electrons. The molecule has 1 saturated heterocycles. The molecular weight excluding hydrogens is 344 g/mol. The molecule has 7 nitrogen and oxygen atoms in total. The molecule has 1 amide bonds. The summed E-state index contributed by atoms with van der Waals surface area (Å²) in [6.07, 6.45) is 4.80. The Balaban J connectivity index is 1.58. The van der Waals surface area contributed by atoms with E-state index in [4.69, 9.17) is 9.47 Å². The fourth-order valence-corrected chi connectivity index (χ4v) is 3.02. The Kier molecular flexibility index (Phi) is 6.46. The second kappa shape index (κ2) is 9.21. The molecule has 27 heavy (non-hydrogen) atoms. The maximum atomic E-state index is 12.1. The van der Waals surface area contributed by atoms with Crippen LogP contribution >= 0.6 is 0 Å². The Labute approximate surface area is 159 Å². The summed E-state index contributed by atoms with van der Waals surface area (Å²) >= 11 is 0. The molecule has 1 N–H and O–H groups in total. The molecule has 2 aromatic rings. The third-order valence-corrected chi connectivity index (χ3v) is 4.43. The van der Waals surface area contributed by atoms with Gasteiger partial charge in [-0.2, -0.15) is 4.98 Å². The van der Waals surface area contributed by atoms with E-state index in [9.17, 15) is 4.79 Å². The number of anilines is 2. The molecular formula is C20H26N4O3. The maximum Gasteiger partial charge on any atom is 0.262 e. The van der Waals surface area contributed by atoms with Crippen molar-refractivity contribution < 1.29 is 14.3 Å². The molecule has 1 aromatic heterocycles. The van der Waals surface area contributed by atoms with Gasteiger partial charge in [-0.25, -0.2) is 4.98 Å². The van der Waals surface area contributed by atoms with Crippen LogP contribution in [-0.4, -0.2) is 42.7 Å². The zero-order valence-electron chi connectivity index (χ0n) is 15.9. The van der Waals surface area contributed by atoms with Gasteiger partial charge in [-0.1, -0.05) is 12.8 Å². The summed E-state index contributed by atoms with van der Waals surface area (Å²) in [4.78, 5) is 23.4. The van der Waals surface area contributed by atoms with Gasteiger partial charge in [0, 0.05) is 30.5 Å². The van der Waals surface area contributed by atoms with Crippen LogP contribution < -0.4 is 19.7 Å². The highest BCUT2D eigenvalue weighted by Crippen LogP contribution is 2.19. The first kappa shape index (κ1) is 18.9. The van der Waals surface area contributed by atoms with E-state index in [2.05, 4.69) is 20.2 Å². The Morgan fingerprint density at radius 1 is 1.11 bits per heavy atom. The van der Waals surface area contributed by atoms with Gasteiger partial charge < -0.3 is 19.7 Å². The summed E-state index contributed by atoms with van der Waals surface area (Å²) < 4.78 is 10.7. The molecule has 0 atom stereocenters. The third-order valence-electron chi connectivity index (χ3n) is 4.43. The van der Waals surface area contributed by atoms with Crippen LogP contribution in [0.1, 0.15) is 31.4 Å². The number of carbonyl (C=O) groups is 1. The van der Waals surface area contributed by atoms with E-state index in [1.807, 2.05) is 6.92 Å². The predicted octanol–water partition coefficient (Wildman–Crippen LogP) is 3.19. The number of hydrogen-bond donors (Lipinski definition) is 1. The van der Waals surface area contributed by atoms with Crippen LogP contribution in [0.4, 0.5) is 11.6 Å². The third kappa shape index (κ3) is 5.57. The lowest BCUT2D eigenvalue weighted by atomic mass is 10.2. The molecule has 1 aliphatic heterocycles. The van der Waals surface area contributed by atoms with Crippen molar-refractivity contribution in [1.82, 2.24) is 9.97 Å². The van der Waals surface area contributed by atoms with Crippen molar-refractivity contribution in [2.75, 3.05) is 37.0 Å². The average molecular weight is 370 g/mol. The molecule has 0 bridgehead atoms. The van der Waals surface area contributed by atoms with Crippen LogP contribution in [0.5, 0.6) is 11.6 Å². The number of aromatic nitrogens is 2. The standard InChI is InChI=1S/C20H26N4O3/c1-15-13-19(23-20(21-15)24-11-5-3-4-6-12-24)27-14-18(25)22-16-7-9-17(26-2)10-8-16/h7-10,13H,3-6,11-12,14H2,1-2H3,(H,22,25). The minimum Gasteiger partial charge on any atom is -0.497 e. The topological polar surface area (TPSA) is 76.6 Å². The lowest BCUT2D eigenvalue weighted by molar-refractivity contribution is -0.118. The highest BCUT2D eigenvalue weighted by Gasteiger charge is 2.15. The fourth-order valence-electron chi connectivity index (χ4n) is 3.02. The highest BCUT2D eigenvalue weighted by molar-refractivity contribution is 5.91. The Hall–Kier alpha value is -2.83. The number of methoxy groups -OCH3 is 1. The number of nitrogens with zero attached hydrogens (tertiary/aromatic N) is 3. The van der Waals surface area contributed by atoms with Crippen molar-refractivity contribution >= 4 is 17.5 Å². The van der Waals surface area contributed by atoms with Crippen LogP contribution in [0.2, 0.25) is 0 Å². The minimum atomic E-state index is -0.243. The van der Waals surface area contributed by atoms with Gasteiger partial charge >= 0.3 is 0 Å². The predicted molar refractivity (Wildman–Crippen MR) is 105 cm³/mol. The monoisotopic (exact) mass is 370 g/mol. The molecule has 0 saturated carbocycles. The lowest BCUT2D eigenvalue weighted by Gasteiger charge is -2.21. The van der Waals surface area contributed by atoms with E-state index in [-0.39, 0.29) is 12.5 Å². The zero-order valence-corrected chi connectivity index (χ0v) is 15.9. The average Bonchev–Trinajstić information content (AvgIpc) is 2.96. The summed E-state index contributed by atoms with van der Waals surface area (Å²) in [6.45, 7) is 3.72. The first-order valence-corrected chi connectivity index (χ1v) is 9.31. The van der Waals surface area contributed by atoms with Crippen molar-refractivity contribution in [2.24, 2.45) is 0 Å². The van der Waals surface area contributed by atoms with E-state index in [0.717, 1.165) is 37.4 Å². The van der Waals surface area contributed by atoms with Gasteiger partial charge in [0.2, 0.25) is 11.8 Å². The van der Waals surface area contributed by atoms with E-state index in [1.165, 1.54) is 12.8 Å². The van der Waals surface area contributed by atoms with Crippen molar-refractivity contribution in [3.8, 4) is 11.6 Å². The Bertz CT molecular complexity index is 756. The van der Waals surface area contributed by atoms with E-state index in [1.54, 1.807) is 37.4 Å². The lowest BCUT2D eigenvalue weighted by Crippen LogP contribution is -2.26. The second-order valence-electron chi connectivity index (χ2n) is 6.61. The number of aryl methyl sites for hydroxylation is 1. The van der Waals surface area contributed by atoms with Crippen LogP contribution in [0.3, 0.4) is 0 Å². The summed E-state index contributed by atoms with van der Waals surface area (Å²) in [5, 5.41) is 2.79. The number of nitrogens with one attached hydrogen (secondary N) is 1. The maximum absolute atomic E-state index is 12.1. The summed E-state index contributed by atoms with van der Waals surface area (Å²) in [6, 6.07) is 8.89. The fraction of sp³-hybridized carbons (Fsp3) is 0.450. The van der Waals surface area contributed by atoms with Crippen molar-refractivity contribution in [3.05, 3.63) is 36.0 Å². The molecule has 7 heteroatoms. The van der Waals surface area contributed by atoms with Gasteiger partial charge in [-0.15, -0.1) is 0 Å². The molecule has 0 unspecified atom stereocenters. The number of benzene rings is 1. The molecule has 0 aliphatic carbocycles. The Morgan fingerprint density at radius 2 is 1.81 bits per heavy atom. The van der Waals surface area contributed by atoms with E-state index < -0.39 is 0 Å². The summed E-state index contributed by atoms with van der Waals surface area (Å²) in [7, 11) is 1.60. The normalized spacial score (nSPS) is 14.4. The van der Waals surface area contributed by atoms with Gasteiger partial charge in [0.1, 0.15) is 5.75 Å². The number of rotatable bonds is 6. The van der Waals surface area contributed by atoms with Crippen molar-refractivity contribution in [3.63, 3.8) is 0 Å². The molecule has 0 radical (unpaired) electrons. The minimum absolute atomic E-state index is 0.109. The van der Waals surface area contributed by atoms with Crippen LogP contribution in [0.15, 0.2) is 30.3 Å². The molecule has 0 spiro atoms. The summed E-state index contributed by atoms with van der Waals surface area (Å²) in [5.74, 6) is 1.60. The van der Waals surface area contributed by atoms with Crippen molar-refractivity contribution in [2.45, 2.75) is 32.6 Å². The number of carbonyl (C=O) groups excluding carboxylic acids is 1. The van der Waals surface area contributed by atoms with Crippen molar-refractivity contribution in [1.29, 1.82) is 0 Å². The van der Waals surface area contributed by atoms with Crippen LogP contribution in [0.25, 0.3) is 0 Å². The van der Waals surface area contributed by atoms with E-state index >= 15 is 0 Å². The smallest absolute Gasteiger partial charge is 0.262 e. The van der Waals surface area contributed by atoms with Gasteiger partial charge in [0.05, 0.1) is 7.11 Å². The first-order chi connectivity index (χ1) is 13.1. The first-order valence-electron chi connectivity index (χ1n) is 9.31. The highest BCUT2D eigenvalue weighted by atomic mass is 16.5. The van der Waals surface area contributed by atoms with Gasteiger partial charge in [-0.3, -0.25) is 4.79 Å². The molecule has 1 fully saturated rings. The van der Waals surface area contributed by atoms with Gasteiger partial charge in [0.25, 0.3) is 5.91 Å². The van der Waals surface area contributed by atoms with Gasteiger partial charge in [-0.05, 0) is 44.0 Å². The van der Waals surface area contributed by atoms with Crippen LogP contribution in [-0.2, 0) is 4.79 Å². The quantitative estimate of drug-likeness (QED) is 0.841. The Morgan fingerprint density at radius 3 is 2.48 bits per heavy atom. The molecule has 2 heterocycles. The summed E-state index contributed by atoms with van der Waals surface area (Å²) in [5.41, 5.74) is 1.52. The SMILES string of the molecule is COc1ccc(NC(=O)COc2cc(C)nc(N3CCCCCC3)n2)cc1. The number of hydrogen-bond acceptors (Lipinski definition) is 6. The number of amides is 1. The largest absolute Gasteiger partial charge is 0.497 e. The number of ether oxygens (including phenoxy) is 2. The molecule has 1 aliphatic rings. The van der Waals surface area contributed by atoms with Crippen LogP contribution in [0, 0.1) is 6.92 Å².